The molecule has 4 heteroatoms. The fraction of sp³-hybridized carbons (Fsp3) is 0.857. The van der Waals surface area contributed by atoms with E-state index in [2.05, 4.69) is 0 Å². The summed E-state index contributed by atoms with van der Waals surface area (Å²) in [5.41, 5.74) is -0.218. The molecule has 0 amide bonds. The van der Waals surface area contributed by atoms with Crippen molar-refractivity contribution in [2.75, 3.05) is 7.11 Å². The zero-order valence-electron chi connectivity index (χ0n) is 12.1. The van der Waals surface area contributed by atoms with Gasteiger partial charge in [-0.25, -0.2) is 0 Å². The minimum atomic E-state index is -0.276. The average molecular weight is 256 g/mol. The van der Waals surface area contributed by atoms with Crippen molar-refractivity contribution in [1.29, 1.82) is 0 Å². The molecule has 1 heterocycles. The van der Waals surface area contributed by atoms with Gasteiger partial charge < -0.3 is 9.47 Å². The van der Waals surface area contributed by atoms with Crippen LogP contribution in [-0.4, -0.2) is 25.2 Å². The van der Waals surface area contributed by atoms with Crippen LogP contribution in [0.1, 0.15) is 41.0 Å². The molecule has 0 saturated carbocycles. The number of methoxy groups -OCH3 is 1. The summed E-state index contributed by atoms with van der Waals surface area (Å²) in [6.07, 6.45) is 0.449. The highest BCUT2D eigenvalue weighted by molar-refractivity contribution is 5.80. The second-order valence-corrected chi connectivity index (χ2v) is 6.43. The minimum absolute atomic E-state index is 0.0630. The number of hydrogen-bond acceptors (Lipinski definition) is 4. The summed E-state index contributed by atoms with van der Waals surface area (Å²) in [5.74, 6) is -0.600. The van der Waals surface area contributed by atoms with E-state index in [0.29, 0.717) is 6.42 Å². The quantitative estimate of drug-likeness (QED) is 0.725. The maximum atomic E-state index is 11.8. The number of ether oxygens (including phenoxy) is 2. The van der Waals surface area contributed by atoms with Gasteiger partial charge in [-0.15, -0.1) is 0 Å². The number of carbonyl (C=O) groups excluding carboxylic acids is 2. The third-order valence-electron chi connectivity index (χ3n) is 3.63. The van der Waals surface area contributed by atoms with Crippen LogP contribution in [0.3, 0.4) is 0 Å². The second-order valence-electron chi connectivity index (χ2n) is 6.43. The fourth-order valence-corrected chi connectivity index (χ4v) is 2.40. The summed E-state index contributed by atoms with van der Waals surface area (Å²) in [7, 11) is 1.39. The van der Waals surface area contributed by atoms with Gasteiger partial charge in [0, 0.05) is 0 Å². The van der Waals surface area contributed by atoms with Crippen LogP contribution >= 0.6 is 0 Å². The summed E-state index contributed by atoms with van der Waals surface area (Å²) in [4.78, 5) is 23.4. The predicted molar refractivity (Wildman–Crippen MR) is 67.8 cm³/mol. The Morgan fingerprint density at radius 3 is 2.28 bits per heavy atom. The van der Waals surface area contributed by atoms with Gasteiger partial charge in [0.1, 0.15) is 6.10 Å². The van der Waals surface area contributed by atoms with Crippen molar-refractivity contribution in [3.63, 3.8) is 0 Å². The van der Waals surface area contributed by atoms with Gasteiger partial charge in [-0.2, -0.15) is 0 Å². The Labute approximate surface area is 109 Å². The first-order valence-corrected chi connectivity index (χ1v) is 6.46. The van der Waals surface area contributed by atoms with Gasteiger partial charge in [0.15, 0.2) is 0 Å². The van der Waals surface area contributed by atoms with Crippen molar-refractivity contribution in [2.24, 2.45) is 23.2 Å². The smallest absolute Gasteiger partial charge is 0.313 e. The van der Waals surface area contributed by atoms with E-state index in [4.69, 9.17) is 9.47 Å². The van der Waals surface area contributed by atoms with Crippen molar-refractivity contribution >= 4 is 11.9 Å². The standard InChI is InChI=1S/C14H24O4/c1-8(2)11-9(12(15)18-11)7-10(13(16)17-6)14(3,4)5/h8-11H,7H2,1-6H3/t9-,10-,11-/m0/s1. The topological polar surface area (TPSA) is 52.6 Å². The molecule has 104 valence electrons. The second kappa shape index (κ2) is 5.29. The van der Waals surface area contributed by atoms with Gasteiger partial charge >= 0.3 is 11.9 Å². The molecule has 1 aliphatic heterocycles. The molecule has 0 aromatic carbocycles. The summed E-state index contributed by atoms with van der Waals surface area (Å²) in [6.45, 7) is 10.0. The lowest BCUT2D eigenvalue weighted by Crippen LogP contribution is -2.50. The minimum Gasteiger partial charge on any atom is -0.469 e. The number of esters is 2. The maximum absolute atomic E-state index is 11.8. The van der Waals surface area contributed by atoms with Gasteiger partial charge in [-0.1, -0.05) is 34.6 Å². The van der Waals surface area contributed by atoms with E-state index in [0.717, 1.165) is 0 Å². The molecule has 0 N–H and O–H groups in total. The third-order valence-corrected chi connectivity index (χ3v) is 3.63. The highest BCUT2D eigenvalue weighted by atomic mass is 16.6. The molecule has 1 saturated heterocycles. The van der Waals surface area contributed by atoms with Crippen LogP contribution in [0.5, 0.6) is 0 Å². The third kappa shape index (κ3) is 3.03. The molecular weight excluding hydrogens is 232 g/mol. The highest BCUT2D eigenvalue weighted by Crippen LogP contribution is 2.39. The molecule has 0 unspecified atom stereocenters. The molecule has 0 aliphatic carbocycles. The number of cyclic esters (lactones) is 1. The van der Waals surface area contributed by atoms with Crippen LogP contribution in [0.4, 0.5) is 0 Å². The Morgan fingerprint density at radius 2 is 1.94 bits per heavy atom. The normalized spacial score (nSPS) is 25.4. The Kier molecular flexibility index (Phi) is 4.41. The molecular formula is C14H24O4. The lowest BCUT2D eigenvalue weighted by molar-refractivity contribution is -0.193. The highest BCUT2D eigenvalue weighted by Gasteiger charge is 2.48. The van der Waals surface area contributed by atoms with E-state index < -0.39 is 0 Å². The summed E-state index contributed by atoms with van der Waals surface area (Å²) < 4.78 is 10.00. The Hall–Kier alpha value is -1.06. The van der Waals surface area contributed by atoms with E-state index in [1.54, 1.807) is 0 Å². The lowest BCUT2D eigenvalue weighted by atomic mass is 9.72. The molecule has 0 bridgehead atoms. The van der Waals surface area contributed by atoms with E-state index in [-0.39, 0.29) is 41.2 Å². The molecule has 18 heavy (non-hydrogen) atoms. The molecule has 3 atom stereocenters. The van der Waals surface area contributed by atoms with E-state index in [1.807, 2.05) is 34.6 Å². The Balaban J connectivity index is 2.78. The molecule has 0 spiro atoms. The van der Waals surface area contributed by atoms with E-state index >= 15 is 0 Å². The van der Waals surface area contributed by atoms with E-state index in [1.165, 1.54) is 7.11 Å². The molecule has 0 aromatic rings. The zero-order chi connectivity index (χ0) is 14.1. The number of rotatable bonds is 4. The van der Waals surface area contributed by atoms with Gasteiger partial charge in [-0.05, 0) is 17.8 Å². The van der Waals surface area contributed by atoms with Crippen molar-refractivity contribution in [3.05, 3.63) is 0 Å². The van der Waals surface area contributed by atoms with Crippen molar-refractivity contribution in [2.45, 2.75) is 47.1 Å². The van der Waals surface area contributed by atoms with Crippen molar-refractivity contribution < 1.29 is 19.1 Å². The summed E-state index contributed by atoms with van der Waals surface area (Å²) >= 11 is 0. The van der Waals surface area contributed by atoms with Gasteiger partial charge in [0.25, 0.3) is 0 Å². The Bertz CT molecular complexity index is 327. The molecule has 0 aromatic heterocycles. The first-order valence-electron chi connectivity index (χ1n) is 6.46. The summed E-state index contributed by atoms with van der Waals surface area (Å²) in [5, 5.41) is 0. The van der Waals surface area contributed by atoms with Crippen LogP contribution in [0, 0.1) is 23.2 Å². The van der Waals surface area contributed by atoms with Crippen LogP contribution in [0.2, 0.25) is 0 Å². The first kappa shape index (κ1) is 15.0. The van der Waals surface area contributed by atoms with E-state index in [9.17, 15) is 9.59 Å². The SMILES string of the molecule is COC(=O)[C@H](C[C@@H]1C(=O)O[C@H]1C(C)C)C(C)(C)C. The van der Waals surface area contributed by atoms with Crippen LogP contribution < -0.4 is 0 Å². The fourth-order valence-electron chi connectivity index (χ4n) is 2.40. The molecule has 1 fully saturated rings. The molecule has 1 aliphatic rings. The van der Waals surface area contributed by atoms with Crippen LogP contribution in [0.25, 0.3) is 0 Å². The monoisotopic (exact) mass is 256 g/mol. The zero-order valence-corrected chi connectivity index (χ0v) is 12.1. The van der Waals surface area contributed by atoms with Gasteiger partial charge in [0.2, 0.25) is 0 Å². The molecule has 0 radical (unpaired) electrons. The van der Waals surface area contributed by atoms with Crippen molar-refractivity contribution in [3.8, 4) is 0 Å². The maximum Gasteiger partial charge on any atom is 0.313 e. The van der Waals surface area contributed by atoms with Crippen LogP contribution in [0.15, 0.2) is 0 Å². The van der Waals surface area contributed by atoms with Crippen molar-refractivity contribution in [1.82, 2.24) is 0 Å². The van der Waals surface area contributed by atoms with Gasteiger partial charge in [0.05, 0.1) is 18.9 Å². The number of carbonyl (C=O) groups is 2. The predicted octanol–water partition coefficient (Wildman–Crippen LogP) is 2.41. The average Bonchev–Trinajstić information content (AvgIpc) is 2.23. The number of hydrogen-bond donors (Lipinski definition) is 0. The molecule has 4 nitrogen and oxygen atoms in total. The Morgan fingerprint density at radius 1 is 1.39 bits per heavy atom. The summed E-state index contributed by atoms with van der Waals surface area (Å²) in [6, 6.07) is 0. The largest absolute Gasteiger partial charge is 0.469 e. The molecule has 1 rings (SSSR count). The first-order chi connectivity index (χ1) is 8.18. The van der Waals surface area contributed by atoms with Crippen LogP contribution in [-0.2, 0) is 19.1 Å². The van der Waals surface area contributed by atoms with Gasteiger partial charge in [-0.3, -0.25) is 9.59 Å². The lowest BCUT2D eigenvalue weighted by Gasteiger charge is -2.41.